The van der Waals surface area contributed by atoms with Crippen LogP contribution in [0.4, 0.5) is 0 Å². The number of rotatable bonds is 4. The Bertz CT molecular complexity index is 1100. The van der Waals surface area contributed by atoms with Gasteiger partial charge in [0.1, 0.15) is 18.0 Å². The van der Waals surface area contributed by atoms with Crippen LogP contribution in [-0.4, -0.2) is 55.9 Å². The predicted octanol–water partition coefficient (Wildman–Crippen LogP) is 1.75. The molecule has 3 heterocycles. The van der Waals surface area contributed by atoms with Crippen LogP contribution in [-0.2, 0) is 6.54 Å². The smallest absolute Gasteiger partial charge is 0.270 e. The van der Waals surface area contributed by atoms with E-state index in [2.05, 4.69) is 17.1 Å². The number of ether oxygens (including phenoxy) is 3. The number of fused-ring (bicyclic) bond motifs is 2. The van der Waals surface area contributed by atoms with E-state index >= 15 is 0 Å². The van der Waals surface area contributed by atoms with Crippen LogP contribution < -0.4 is 19.1 Å². The number of benzene rings is 2. The van der Waals surface area contributed by atoms with Crippen molar-refractivity contribution in [1.82, 2.24) is 9.88 Å². The highest BCUT2D eigenvalue weighted by Crippen LogP contribution is 2.32. The molecule has 7 heteroatoms. The molecule has 3 aromatic rings. The average molecular weight is 408 g/mol. The van der Waals surface area contributed by atoms with Crippen molar-refractivity contribution in [2.45, 2.75) is 13.5 Å². The third-order valence-electron chi connectivity index (χ3n) is 6.13. The van der Waals surface area contributed by atoms with Gasteiger partial charge in [0, 0.05) is 16.5 Å². The van der Waals surface area contributed by atoms with E-state index in [-0.39, 0.29) is 5.91 Å². The molecular formula is C23H26N3O4+. The fraction of sp³-hybridized carbons (Fsp3) is 0.348. The lowest BCUT2D eigenvalue weighted by molar-refractivity contribution is -0.917. The molecule has 0 aliphatic carbocycles. The van der Waals surface area contributed by atoms with Gasteiger partial charge >= 0.3 is 0 Å². The van der Waals surface area contributed by atoms with Crippen molar-refractivity contribution >= 4 is 16.8 Å². The van der Waals surface area contributed by atoms with Crippen molar-refractivity contribution < 1.29 is 23.9 Å². The number of amides is 1. The Labute approximate surface area is 175 Å². The summed E-state index contributed by atoms with van der Waals surface area (Å²) in [5.41, 5.74) is 3.85. The average Bonchev–Trinajstić information content (AvgIpc) is 3.37. The molecular weight excluding hydrogens is 382 g/mol. The molecule has 0 radical (unpaired) electrons. The van der Waals surface area contributed by atoms with Crippen molar-refractivity contribution in [2.24, 2.45) is 0 Å². The number of aromatic nitrogens is 1. The number of hydrogen-bond acceptors (Lipinski definition) is 4. The summed E-state index contributed by atoms with van der Waals surface area (Å²) in [7, 11) is 1.65. The fourth-order valence-corrected chi connectivity index (χ4v) is 4.35. The third-order valence-corrected chi connectivity index (χ3v) is 6.13. The number of aryl methyl sites for hydroxylation is 1. The Morgan fingerprint density at radius 2 is 1.93 bits per heavy atom. The number of piperazine rings is 1. The molecule has 1 amide bonds. The van der Waals surface area contributed by atoms with Gasteiger partial charge in [-0.1, -0.05) is 0 Å². The first-order valence-electron chi connectivity index (χ1n) is 10.3. The second-order valence-electron chi connectivity index (χ2n) is 7.94. The summed E-state index contributed by atoms with van der Waals surface area (Å²) in [6.45, 7) is 6.55. The monoisotopic (exact) mass is 408 g/mol. The zero-order valence-electron chi connectivity index (χ0n) is 17.3. The molecule has 30 heavy (non-hydrogen) atoms. The Morgan fingerprint density at radius 3 is 2.73 bits per heavy atom. The molecule has 0 saturated carbocycles. The van der Waals surface area contributed by atoms with Crippen LogP contribution in [0, 0.1) is 6.92 Å². The molecule has 1 aromatic heterocycles. The van der Waals surface area contributed by atoms with E-state index in [0.29, 0.717) is 12.5 Å². The summed E-state index contributed by atoms with van der Waals surface area (Å²) in [6, 6.07) is 12.0. The van der Waals surface area contributed by atoms with Crippen LogP contribution >= 0.6 is 0 Å². The summed E-state index contributed by atoms with van der Waals surface area (Å²) >= 11 is 0. The number of nitrogens with zero attached hydrogens (tertiary/aromatic N) is 1. The minimum absolute atomic E-state index is 0.0739. The number of hydrogen-bond donors (Lipinski definition) is 2. The largest absolute Gasteiger partial charge is 0.497 e. The van der Waals surface area contributed by atoms with Crippen molar-refractivity contribution in [2.75, 3.05) is 40.1 Å². The first-order valence-corrected chi connectivity index (χ1v) is 10.3. The fourth-order valence-electron chi connectivity index (χ4n) is 4.35. The number of H-pyrrole nitrogens is 1. The standard InChI is InChI=1S/C23H25N3O4/c1-15-18-12-17(28-2)4-5-19(18)24-22(15)23(27)26-9-7-25(8-10-26)13-16-3-6-20-21(11-16)30-14-29-20/h3-6,11-12,24H,7-10,13-14H2,1-2H3/p+1. The van der Waals surface area contributed by atoms with Gasteiger partial charge in [0.2, 0.25) is 6.79 Å². The SMILES string of the molecule is COc1ccc2[nH]c(C(=O)N3CC[NH+](Cc4ccc5c(c4)OCO5)CC3)c(C)c2c1. The van der Waals surface area contributed by atoms with E-state index in [1.54, 1.807) is 7.11 Å². The van der Waals surface area contributed by atoms with Crippen LogP contribution in [0.25, 0.3) is 10.9 Å². The lowest BCUT2D eigenvalue weighted by atomic mass is 10.1. The molecule has 5 rings (SSSR count). The predicted molar refractivity (Wildman–Crippen MR) is 112 cm³/mol. The molecule has 156 valence electrons. The maximum atomic E-state index is 13.2. The minimum atomic E-state index is 0.0739. The van der Waals surface area contributed by atoms with Gasteiger partial charge in [-0.3, -0.25) is 4.79 Å². The number of quaternary nitrogens is 1. The van der Waals surface area contributed by atoms with Crippen LogP contribution in [0.5, 0.6) is 17.2 Å². The summed E-state index contributed by atoms with van der Waals surface area (Å²) < 4.78 is 16.2. The van der Waals surface area contributed by atoms with Crippen molar-refractivity contribution in [3.63, 3.8) is 0 Å². The molecule has 2 aliphatic heterocycles. The Balaban J connectivity index is 1.25. The van der Waals surface area contributed by atoms with Gasteiger partial charge in [-0.2, -0.15) is 0 Å². The Hall–Kier alpha value is -3.19. The van der Waals surface area contributed by atoms with Crippen molar-refractivity contribution in [1.29, 1.82) is 0 Å². The number of nitrogens with one attached hydrogen (secondary N) is 2. The highest BCUT2D eigenvalue weighted by Gasteiger charge is 2.27. The maximum Gasteiger partial charge on any atom is 0.270 e. The van der Waals surface area contributed by atoms with Crippen LogP contribution in [0.3, 0.4) is 0 Å². The first-order chi connectivity index (χ1) is 14.6. The molecule has 0 bridgehead atoms. The van der Waals surface area contributed by atoms with Gasteiger partial charge < -0.3 is 29.0 Å². The van der Waals surface area contributed by atoms with E-state index < -0.39 is 0 Å². The zero-order chi connectivity index (χ0) is 20.7. The third kappa shape index (κ3) is 3.35. The molecule has 0 unspecified atom stereocenters. The summed E-state index contributed by atoms with van der Waals surface area (Å²) in [4.78, 5) is 19.9. The van der Waals surface area contributed by atoms with Gasteiger partial charge in [-0.15, -0.1) is 0 Å². The van der Waals surface area contributed by atoms with Crippen LogP contribution in [0.1, 0.15) is 21.6 Å². The zero-order valence-corrected chi connectivity index (χ0v) is 17.3. The van der Waals surface area contributed by atoms with Gasteiger partial charge in [0.05, 0.1) is 33.3 Å². The molecule has 7 nitrogen and oxygen atoms in total. The minimum Gasteiger partial charge on any atom is -0.497 e. The summed E-state index contributed by atoms with van der Waals surface area (Å²) in [5.74, 6) is 2.51. The molecule has 2 aromatic carbocycles. The molecule has 2 aliphatic rings. The van der Waals surface area contributed by atoms with E-state index in [9.17, 15) is 4.79 Å². The number of methoxy groups -OCH3 is 1. The van der Waals surface area contributed by atoms with Crippen LogP contribution in [0.2, 0.25) is 0 Å². The van der Waals surface area contributed by atoms with Crippen molar-refractivity contribution in [3.05, 3.63) is 53.2 Å². The maximum absolute atomic E-state index is 13.2. The molecule has 0 spiro atoms. The highest BCUT2D eigenvalue weighted by molar-refractivity contribution is 6.01. The topological polar surface area (TPSA) is 68.2 Å². The number of aromatic amines is 1. The van der Waals surface area contributed by atoms with Gasteiger partial charge in [-0.25, -0.2) is 0 Å². The normalized spacial score (nSPS) is 16.3. The van der Waals surface area contributed by atoms with Gasteiger partial charge in [0.25, 0.3) is 5.91 Å². The summed E-state index contributed by atoms with van der Waals surface area (Å²) in [6.07, 6.45) is 0. The second-order valence-corrected chi connectivity index (χ2v) is 7.94. The van der Waals surface area contributed by atoms with E-state index in [1.165, 1.54) is 10.5 Å². The van der Waals surface area contributed by atoms with Crippen LogP contribution in [0.15, 0.2) is 36.4 Å². The first kappa shape index (κ1) is 18.8. The number of carbonyl (C=O) groups excluding carboxylic acids is 1. The summed E-state index contributed by atoms with van der Waals surface area (Å²) in [5, 5.41) is 1.03. The van der Waals surface area contributed by atoms with Gasteiger partial charge in [-0.05, 0) is 48.9 Å². The van der Waals surface area contributed by atoms with Gasteiger partial charge in [0.15, 0.2) is 11.5 Å². The Kier molecular flexibility index (Phi) is 4.75. The lowest BCUT2D eigenvalue weighted by Gasteiger charge is -2.32. The molecule has 1 saturated heterocycles. The molecule has 0 atom stereocenters. The quantitative estimate of drug-likeness (QED) is 0.690. The highest BCUT2D eigenvalue weighted by atomic mass is 16.7. The second kappa shape index (κ2) is 7.57. The van der Waals surface area contributed by atoms with Crippen molar-refractivity contribution in [3.8, 4) is 17.2 Å². The molecule has 2 N–H and O–H groups in total. The van der Waals surface area contributed by atoms with E-state index in [0.717, 1.165) is 66.4 Å². The Morgan fingerprint density at radius 1 is 1.13 bits per heavy atom. The molecule has 1 fully saturated rings. The number of carbonyl (C=O) groups is 1. The van der Waals surface area contributed by atoms with E-state index in [1.807, 2.05) is 36.1 Å². The lowest BCUT2D eigenvalue weighted by Crippen LogP contribution is -3.13. The van der Waals surface area contributed by atoms with E-state index in [4.69, 9.17) is 14.2 Å².